The summed E-state index contributed by atoms with van der Waals surface area (Å²) >= 11 is 3.04. The molecule has 1 fully saturated rings. The number of hydrogen-bond donors (Lipinski definition) is 4. The maximum Gasteiger partial charge on any atom is 0.573 e. The fourth-order valence-electron chi connectivity index (χ4n) is 3.04. The minimum absolute atomic E-state index is 0.0801. The highest BCUT2D eigenvalue weighted by atomic mass is 79.9. The van der Waals surface area contributed by atoms with Crippen LogP contribution in [0.4, 0.5) is 18.9 Å². The molecule has 4 N–H and O–H groups in total. The van der Waals surface area contributed by atoms with Crippen LogP contribution in [0.2, 0.25) is 0 Å². The number of nitrogens with zero attached hydrogens (tertiary/aromatic N) is 1. The number of benzene rings is 2. The molecule has 0 aliphatic carbocycles. The van der Waals surface area contributed by atoms with E-state index < -0.39 is 61.8 Å². The van der Waals surface area contributed by atoms with Crippen molar-refractivity contribution in [1.82, 2.24) is 4.90 Å². The number of carbonyl (C=O) groups excluding carboxylic acids is 1. The van der Waals surface area contributed by atoms with Gasteiger partial charge in [-0.15, -0.1) is 13.2 Å². The molecule has 0 aromatic heterocycles. The van der Waals surface area contributed by atoms with Gasteiger partial charge in [0.25, 0.3) is 15.9 Å². The summed E-state index contributed by atoms with van der Waals surface area (Å²) < 4.78 is 69.7. The van der Waals surface area contributed by atoms with Crippen molar-refractivity contribution >= 4 is 37.5 Å². The van der Waals surface area contributed by atoms with E-state index in [2.05, 4.69) is 20.7 Å². The number of phenols is 2. The van der Waals surface area contributed by atoms with Gasteiger partial charge in [0.05, 0.1) is 17.4 Å². The zero-order valence-corrected chi connectivity index (χ0v) is 18.3. The monoisotopic (exact) mass is 540 g/mol. The van der Waals surface area contributed by atoms with Gasteiger partial charge in [-0.25, -0.2) is 8.42 Å². The summed E-state index contributed by atoms with van der Waals surface area (Å²) in [6.45, 7) is -0.0353. The molecule has 2 aromatic carbocycles. The van der Waals surface area contributed by atoms with Crippen molar-refractivity contribution in [2.45, 2.75) is 23.8 Å². The van der Waals surface area contributed by atoms with Gasteiger partial charge in [-0.2, -0.15) is 0 Å². The SMILES string of the molecule is O=C(c1cc(OC(F)(F)F)cc(NS(=O)(=O)c2cc(Br)ccc2O)c1O)N1CC[C@@H](O)C1. The van der Waals surface area contributed by atoms with E-state index in [1.807, 2.05) is 4.72 Å². The van der Waals surface area contributed by atoms with Gasteiger partial charge in [0.2, 0.25) is 0 Å². The van der Waals surface area contributed by atoms with Crippen molar-refractivity contribution in [1.29, 1.82) is 0 Å². The second-order valence-corrected chi connectivity index (χ2v) is 9.39. The van der Waals surface area contributed by atoms with E-state index >= 15 is 0 Å². The summed E-state index contributed by atoms with van der Waals surface area (Å²) in [5.41, 5.74) is -1.45. The number of ether oxygens (including phenoxy) is 1. The Bertz CT molecular complexity index is 1160. The number of β-amino-alcohol motifs (C(OH)–C–C–N with tert-alkyl or cyclic N) is 1. The van der Waals surface area contributed by atoms with Gasteiger partial charge in [-0.1, -0.05) is 15.9 Å². The predicted molar refractivity (Wildman–Crippen MR) is 108 cm³/mol. The molecule has 1 aliphatic rings. The molecule has 1 saturated heterocycles. The lowest BCUT2D eigenvalue weighted by Crippen LogP contribution is -2.30. The maximum absolute atomic E-state index is 12.8. The molecule has 9 nitrogen and oxygen atoms in total. The summed E-state index contributed by atoms with van der Waals surface area (Å²) in [4.78, 5) is 13.2. The van der Waals surface area contributed by atoms with Gasteiger partial charge < -0.3 is 25.0 Å². The Morgan fingerprint density at radius 1 is 1.22 bits per heavy atom. The van der Waals surface area contributed by atoms with E-state index in [1.54, 1.807) is 0 Å². The largest absolute Gasteiger partial charge is 0.573 e. The Hall–Kier alpha value is -2.71. The van der Waals surface area contributed by atoms with Crippen molar-refractivity contribution < 1.29 is 46.4 Å². The Morgan fingerprint density at radius 3 is 2.50 bits per heavy atom. The number of phenolic OH excluding ortho intramolecular Hbond substituents is 2. The summed E-state index contributed by atoms with van der Waals surface area (Å²) in [6.07, 6.45) is -5.78. The number of anilines is 1. The third-order valence-corrected chi connectivity index (χ3v) is 6.34. The lowest BCUT2D eigenvalue weighted by atomic mass is 10.1. The van der Waals surface area contributed by atoms with Crippen LogP contribution in [0.25, 0.3) is 0 Å². The highest BCUT2D eigenvalue weighted by Gasteiger charge is 2.34. The first-order valence-corrected chi connectivity index (χ1v) is 11.2. The van der Waals surface area contributed by atoms with Crippen LogP contribution in [-0.4, -0.2) is 60.1 Å². The molecular formula is C18H16BrF3N2O7S. The van der Waals surface area contributed by atoms with Gasteiger partial charge in [0, 0.05) is 23.6 Å². The molecule has 1 aliphatic heterocycles. The second-order valence-electron chi connectivity index (χ2n) is 6.83. The van der Waals surface area contributed by atoms with Gasteiger partial charge in [0.1, 0.15) is 16.4 Å². The lowest BCUT2D eigenvalue weighted by molar-refractivity contribution is -0.274. The number of carbonyl (C=O) groups is 1. The van der Waals surface area contributed by atoms with Crippen molar-refractivity contribution in [2.75, 3.05) is 17.8 Å². The fraction of sp³-hybridized carbons (Fsp3) is 0.278. The Balaban J connectivity index is 2.07. The molecule has 0 bridgehead atoms. The quantitative estimate of drug-likeness (QED) is 0.428. The maximum atomic E-state index is 12.8. The molecule has 0 spiro atoms. The highest BCUT2D eigenvalue weighted by Crippen LogP contribution is 2.38. The Kier molecular flexibility index (Phi) is 6.49. The van der Waals surface area contributed by atoms with E-state index in [9.17, 15) is 41.7 Å². The number of sulfonamides is 1. The first-order valence-electron chi connectivity index (χ1n) is 8.88. The molecule has 0 saturated carbocycles. The summed E-state index contributed by atoms with van der Waals surface area (Å²) in [6, 6.07) is 4.61. The van der Waals surface area contributed by atoms with E-state index in [0.717, 1.165) is 17.0 Å². The molecule has 14 heteroatoms. The molecule has 0 radical (unpaired) electrons. The minimum Gasteiger partial charge on any atom is -0.507 e. The molecule has 1 atom stereocenters. The van der Waals surface area contributed by atoms with E-state index in [-0.39, 0.29) is 24.0 Å². The van der Waals surface area contributed by atoms with Gasteiger partial charge in [-0.3, -0.25) is 9.52 Å². The van der Waals surface area contributed by atoms with Crippen LogP contribution in [0, 0.1) is 0 Å². The number of amides is 1. The topological polar surface area (TPSA) is 136 Å². The van der Waals surface area contributed by atoms with E-state index in [0.29, 0.717) is 12.1 Å². The van der Waals surface area contributed by atoms with Crippen LogP contribution in [0.1, 0.15) is 16.8 Å². The number of aromatic hydroxyl groups is 2. The van der Waals surface area contributed by atoms with Crippen LogP contribution in [0.5, 0.6) is 17.2 Å². The number of aliphatic hydroxyl groups excluding tert-OH is 1. The molecule has 0 unspecified atom stereocenters. The molecule has 174 valence electrons. The van der Waals surface area contributed by atoms with Crippen LogP contribution in [-0.2, 0) is 10.0 Å². The van der Waals surface area contributed by atoms with Crippen molar-refractivity contribution in [3.05, 3.63) is 40.4 Å². The highest BCUT2D eigenvalue weighted by molar-refractivity contribution is 9.10. The van der Waals surface area contributed by atoms with Crippen LogP contribution < -0.4 is 9.46 Å². The van der Waals surface area contributed by atoms with Crippen molar-refractivity contribution in [3.8, 4) is 17.2 Å². The first-order chi connectivity index (χ1) is 14.8. The fourth-order valence-corrected chi connectivity index (χ4v) is 4.73. The number of likely N-dealkylation sites (tertiary alicyclic amines) is 1. The molecule has 3 rings (SSSR count). The number of rotatable bonds is 5. The standard InChI is InChI=1S/C18H16BrF3N2O7S/c19-9-1-2-14(26)15(5-9)32(29,30)23-13-7-11(31-18(20,21)22)6-12(16(13)27)17(28)24-4-3-10(25)8-24/h1-2,5-7,10,23,25-27H,3-4,8H2/t10-/m1/s1. The summed E-state index contributed by atoms with van der Waals surface area (Å²) in [5.74, 6) is -3.51. The van der Waals surface area contributed by atoms with Gasteiger partial charge >= 0.3 is 6.36 Å². The first kappa shape index (κ1) is 23.9. The molecular weight excluding hydrogens is 525 g/mol. The second kappa shape index (κ2) is 8.67. The number of nitrogens with one attached hydrogen (secondary N) is 1. The van der Waals surface area contributed by atoms with E-state index in [1.165, 1.54) is 6.07 Å². The summed E-state index contributed by atoms with van der Waals surface area (Å²) in [5, 5.41) is 30.0. The smallest absolute Gasteiger partial charge is 0.507 e. The summed E-state index contributed by atoms with van der Waals surface area (Å²) in [7, 11) is -4.61. The minimum atomic E-state index is -5.17. The lowest BCUT2D eigenvalue weighted by Gasteiger charge is -2.20. The number of halogens is 4. The van der Waals surface area contributed by atoms with Crippen LogP contribution in [0.15, 0.2) is 39.7 Å². The van der Waals surface area contributed by atoms with E-state index in [4.69, 9.17) is 0 Å². The molecule has 2 aromatic rings. The average molecular weight is 541 g/mol. The van der Waals surface area contributed by atoms with Gasteiger partial charge in [-0.05, 0) is 30.7 Å². The number of hydrogen-bond acceptors (Lipinski definition) is 7. The van der Waals surface area contributed by atoms with Crippen molar-refractivity contribution in [3.63, 3.8) is 0 Å². The molecule has 32 heavy (non-hydrogen) atoms. The average Bonchev–Trinajstić information content (AvgIpc) is 3.10. The third-order valence-electron chi connectivity index (χ3n) is 4.45. The Labute approximate surface area is 188 Å². The number of aliphatic hydroxyl groups is 1. The van der Waals surface area contributed by atoms with Gasteiger partial charge in [0.15, 0.2) is 5.75 Å². The number of alkyl halides is 3. The zero-order chi connectivity index (χ0) is 23.8. The predicted octanol–water partition coefficient (Wildman–Crippen LogP) is 2.77. The Morgan fingerprint density at radius 2 is 1.91 bits per heavy atom. The van der Waals surface area contributed by atoms with Crippen molar-refractivity contribution in [2.24, 2.45) is 0 Å². The van der Waals surface area contributed by atoms with Crippen LogP contribution in [0.3, 0.4) is 0 Å². The van der Waals surface area contributed by atoms with Crippen LogP contribution >= 0.6 is 15.9 Å². The third kappa shape index (κ3) is 5.37. The molecule has 1 amide bonds. The zero-order valence-electron chi connectivity index (χ0n) is 15.9. The molecule has 1 heterocycles. The normalized spacial score (nSPS) is 16.8.